The number of rotatable bonds is 3. The number of nitrogens with one attached hydrogen (secondary N) is 1. The minimum atomic E-state index is -0.161. The summed E-state index contributed by atoms with van der Waals surface area (Å²) in [5.74, 6) is 0.724. The van der Waals surface area contributed by atoms with Crippen molar-refractivity contribution in [2.45, 2.75) is 25.4 Å². The van der Waals surface area contributed by atoms with Gasteiger partial charge < -0.3 is 0 Å². The highest BCUT2D eigenvalue weighted by Gasteiger charge is 2.28. The predicted molar refractivity (Wildman–Crippen MR) is 69.4 cm³/mol. The van der Waals surface area contributed by atoms with E-state index >= 15 is 0 Å². The van der Waals surface area contributed by atoms with Crippen LogP contribution in [0.5, 0.6) is 0 Å². The van der Waals surface area contributed by atoms with Crippen molar-refractivity contribution in [3.63, 3.8) is 0 Å². The van der Waals surface area contributed by atoms with E-state index in [1.165, 1.54) is 10.4 Å². The van der Waals surface area contributed by atoms with Crippen LogP contribution in [-0.2, 0) is 20.6 Å². The zero-order valence-electron chi connectivity index (χ0n) is 11.2. The molecule has 0 amide bonds. The van der Waals surface area contributed by atoms with Gasteiger partial charge >= 0.3 is 5.69 Å². The smallest absolute Gasteiger partial charge is 0.292 e. The Morgan fingerprint density at radius 3 is 2.89 bits per heavy atom. The summed E-state index contributed by atoms with van der Waals surface area (Å²) < 4.78 is 3.26. The van der Waals surface area contributed by atoms with Crippen LogP contribution in [0, 0.1) is 0 Å². The molecule has 1 aliphatic heterocycles. The summed E-state index contributed by atoms with van der Waals surface area (Å²) in [6, 6.07) is 2.42. The van der Waals surface area contributed by atoms with Crippen molar-refractivity contribution in [2.24, 2.45) is 14.1 Å². The standard InChI is InChI=1S/C12H18N6O/c1-16-9(5-6-13-16)10-4-3-7-18(10)8-11-14-12(19)17(2)15-11/h5-6,10H,3-4,7-8H2,1-2H3,(H,14,15,19)/t10-/m0/s1. The number of aromatic nitrogens is 5. The monoisotopic (exact) mass is 262 g/mol. The number of aromatic amines is 1. The number of likely N-dealkylation sites (tertiary alicyclic amines) is 1. The third-order valence-corrected chi connectivity index (χ3v) is 3.73. The van der Waals surface area contributed by atoms with Crippen LogP contribution in [0.2, 0.25) is 0 Å². The van der Waals surface area contributed by atoms with Gasteiger partial charge in [-0.2, -0.15) is 10.2 Å². The van der Waals surface area contributed by atoms with Crippen LogP contribution < -0.4 is 5.69 Å². The molecule has 7 heteroatoms. The molecular weight excluding hydrogens is 244 g/mol. The lowest BCUT2D eigenvalue weighted by molar-refractivity contribution is 0.233. The lowest BCUT2D eigenvalue weighted by Gasteiger charge is -2.23. The molecule has 0 radical (unpaired) electrons. The third-order valence-electron chi connectivity index (χ3n) is 3.73. The molecule has 0 spiro atoms. The first-order valence-electron chi connectivity index (χ1n) is 6.49. The Kier molecular flexibility index (Phi) is 2.98. The van der Waals surface area contributed by atoms with Crippen LogP contribution in [-0.4, -0.2) is 36.0 Å². The third kappa shape index (κ3) is 2.21. The summed E-state index contributed by atoms with van der Waals surface area (Å²) >= 11 is 0. The average Bonchev–Trinajstić information content (AvgIpc) is 3.03. The highest BCUT2D eigenvalue weighted by molar-refractivity contribution is 5.09. The largest absolute Gasteiger partial charge is 0.343 e. The highest BCUT2D eigenvalue weighted by Crippen LogP contribution is 2.32. The fourth-order valence-electron chi connectivity index (χ4n) is 2.78. The van der Waals surface area contributed by atoms with E-state index in [-0.39, 0.29) is 5.69 Å². The van der Waals surface area contributed by atoms with Gasteiger partial charge in [-0.15, -0.1) is 0 Å². The zero-order chi connectivity index (χ0) is 13.4. The molecule has 102 valence electrons. The number of hydrogen-bond acceptors (Lipinski definition) is 4. The van der Waals surface area contributed by atoms with E-state index in [1.54, 1.807) is 7.05 Å². The minimum Gasteiger partial charge on any atom is -0.292 e. The van der Waals surface area contributed by atoms with Crippen LogP contribution >= 0.6 is 0 Å². The predicted octanol–water partition coefficient (Wildman–Crippen LogP) is 0.179. The van der Waals surface area contributed by atoms with Crippen molar-refractivity contribution in [1.82, 2.24) is 29.4 Å². The van der Waals surface area contributed by atoms with Crippen molar-refractivity contribution >= 4 is 0 Å². The normalized spacial score (nSPS) is 20.2. The molecule has 3 rings (SSSR count). The topological polar surface area (TPSA) is 71.7 Å². The van der Waals surface area contributed by atoms with E-state index in [9.17, 15) is 4.79 Å². The van der Waals surface area contributed by atoms with E-state index in [0.29, 0.717) is 12.6 Å². The quantitative estimate of drug-likeness (QED) is 0.856. The second-order valence-electron chi connectivity index (χ2n) is 5.01. The van der Waals surface area contributed by atoms with Gasteiger partial charge in [-0.05, 0) is 25.5 Å². The fraction of sp³-hybridized carbons (Fsp3) is 0.583. The first kappa shape index (κ1) is 12.2. The number of H-pyrrole nitrogens is 1. The summed E-state index contributed by atoms with van der Waals surface area (Å²) in [7, 11) is 3.62. The molecule has 2 aromatic rings. The van der Waals surface area contributed by atoms with Crippen molar-refractivity contribution in [1.29, 1.82) is 0 Å². The maximum absolute atomic E-state index is 11.4. The molecule has 0 saturated carbocycles. The highest BCUT2D eigenvalue weighted by atomic mass is 16.1. The first-order valence-corrected chi connectivity index (χ1v) is 6.49. The van der Waals surface area contributed by atoms with Crippen LogP contribution in [0.1, 0.15) is 30.4 Å². The summed E-state index contributed by atoms with van der Waals surface area (Å²) in [4.78, 5) is 16.5. The molecule has 0 aromatic carbocycles. The molecule has 0 unspecified atom stereocenters. The van der Waals surface area contributed by atoms with Crippen LogP contribution in [0.15, 0.2) is 17.1 Å². The van der Waals surface area contributed by atoms with Gasteiger partial charge in [-0.3, -0.25) is 14.6 Å². The Labute approximate surface area is 110 Å². The number of aryl methyl sites for hydroxylation is 2. The summed E-state index contributed by atoms with van der Waals surface area (Å²) in [6.45, 7) is 1.69. The van der Waals surface area contributed by atoms with Gasteiger partial charge in [0.25, 0.3) is 0 Å². The summed E-state index contributed by atoms with van der Waals surface area (Å²) in [6.07, 6.45) is 4.11. The number of hydrogen-bond donors (Lipinski definition) is 1. The molecule has 19 heavy (non-hydrogen) atoms. The van der Waals surface area contributed by atoms with Crippen LogP contribution in [0.3, 0.4) is 0 Å². The van der Waals surface area contributed by atoms with Gasteiger partial charge in [0.15, 0.2) is 0 Å². The van der Waals surface area contributed by atoms with E-state index in [0.717, 1.165) is 25.2 Å². The van der Waals surface area contributed by atoms with E-state index in [1.807, 2.05) is 17.9 Å². The molecular formula is C12H18N6O. The Bertz CT molecular complexity index is 624. The van der Waals surface area contributed by atoms with Gasteiger partial charge in [0.2, 0.25) is 0 Å². The van der Waals surface area contributed by atoms with Crippen molar-refractivity contribution in [2.75, 3.05) is 6.54 Å². The molecule has 1 fully saturated rings. The van der Waals surface area contributed by atoms with Crippen molar-refractivity contribution in [3.8, 4) is 0 Å². The van der Waals surface area contributed by atoms with Gasteiger partial charge in [-0.1, -0.05) is 0 Å². The average molecular weight is 262 g/mol. The number of nitrogens with zero attached hydrogens (tertiary/aromatic N) is 5. The SMILES string of the molecule is Cn1nccc1[C@@H]1CCCN1Cc1nn(C)c(=O)[nH]1. The van der Waals surface area contributed by atoms with Gasteiger partial charge in [0.1, 0.15) is 5.82 Å². The zero-order valence-corrected chi connectivity index (χ0v) is 11.2. The molecule has 0 aliphatic carbocycles. The molecule has 7 nitrogen and oxygen atoms in total. The van der Waals surface area contributed by atoms with Gasteiger partial charge in [0, 0.05) is 20.3 Å². The molecule has 2 aromatic heterocycles. The molecule has 3 heterocycles. The second-order valence-corrected chi connectivity index (χ2v) is 5.01. The maximum atomic E-state index is 11.4. The fourth-order valence-corrected chi connectivity index (χ4v) is 2.78. The Morgan fingerprint density at radius 2 is 2.26 bits per heavy atom. The first-order chi connectivity index (χ1) is 9.15. The van der Waals surface area contributed by atoms with E-state index in [2.05, 4.69) is 26.1 Å². The van der Waals surface area contributed by atoms with Gasteiger partial charge in [0.05, 0.1) is 18.3 Å². The van der Waals surface area contributed by atoms with Crippen molar-refractivity contribution in [3.05, 3.63) is 34.3 Å². The van der Waals surface area contributed by atoms with Crippen LogP contribution in [0.25, 0.3) is 0 Å². The molecule has 0 bridgehead atoms. The second kappa shape index (κ2) is 4.65. The van der Waals surface area contributed by atoms with E-state index in [4.69, 9.17) is 0 Å². The molecule has 1 aliphatic rings. The minimum absolute atomic E-state index is 0.161. The van der Waals surface area contributed by atoms with E-state index < -0.39 is 0 Å². The molecule has 1 atom stereocenters. The lowest BCUT2D eigenvalue weighted by atomic mass is 10.1. The molecule has 1 saturated heterocycles. The van der Waals surface area contributed by atoms with Crippen molar-refractivity contribution < 1.29 is 0 Å². The summed E-state index contributed by atoms with van der Waals surface area (Å²) in [5.41, 5.74) is 1.06. The van der Waals surface area contributed by atoms with Crippen LogP contribution in [0.4, 0.5) is 0 Å². The Hall–Kier alpha value is -1.89. The maximum Gasteiger partial charge on any atom is 0.343 e. The summed E-state index contributed by atoms with van der Waals surface area (Å²) in [5, 5.41) is 8.43. The Balaban J connectivity index is 1.80. The Morgan fingerprint density at radius 1 is 1.42 bits per heavy atom. The molecule has 1 N–H and O–H groups in total. The van der Waals surface area contributed by atoms with Gasteiger partial charge in [-0.25, -0.2) is 9.48 Å². The lowest BCUT2D eigenvalue weighted by Crippen LogP contribution is -2.25.